The molecule has 0 bridgehead atoms. The topological polar surface area (TPSA) is 28.7 Å². The van der Waals surface area contributed by atoms with E-state index in [1.807, 2.05) is 30.3 Å². The third-order valence-corrected chi connectivity index (χ3v) is 2.55. The number of para-hydroxylation sites is 1. The molecule has 16 heavy (non-hydrogen) atoms. The van der Waals surface area contributed by atoms with Gasteiger partial charge in [0.15, 0.2) is 0 Å². The van der Waals surface area contributed by atoms with Crippen molar-refractivity contribution in [3.05, 3.63) is 54.5 Å². The van der Waals surface area contributed by atoms with E-state index in [9.17, 15) is 4.39 Å². The second-order valence-corrected chi connectivity index (χ2v) is 3.60. The van der Waals surface area contributed by atoms with Gasteiger partial charge in [-0.15, -0.1) is 0 Å². The van der Waals surface area contributed by atoms with Gasteiger partial charge in [-0.25, -0.2) is 4.39 Å². The summed E-state index contributed by atoms with van der Waals surface area (Å²) < 4.78 is 13.5. The number of aromatic nitrogens is 2. The first-order valence-corrected chi connectivity index (χ1v) is 5.03. The highest BCUT2D eigenvalue weighted by atomic mass is 19.1. The first kappa shape index (κ1) is 9.09. The molecular weight excluding hydrogens is 203 g/mol. The summed E-state index contributed by atoms with van der Waals surface area (Å²) in [5.41, 5.74) is 2.18. The average Bonchev–Trinajstić information content (AvgIpc) is 2.76. The summed E-state index contributed by atoms with van der Waals surface area (Å²) in [4.78, 5) is 7.26. The highest BCUT2D eigenvalue weighted by molar-refractivity contribution is 5.85. The largest absolute Gasteiger partial charge is 0.351 e. The Bertz CT molecular complexity index is 629. The van der Waals surface area contributed by atoms with E-state index in [1.165, 1.54) is 6.07 Å². The first-order chi connectivity index (χ1) is 7.84. The molecule has 0 saturated heterocycles. The van der Waals surface area contributed by atoms with E-state index in [-0.39, 0.29) is 5.82 Å². The van der Waals surface area contributed by atoms with E-state index < -0.39 is 0 Å². The maximum atomic E-state index is 13.5. The van der Waals surface area contributed by atoms with Crippen molar-refractivity contribution < 1.29 is 4.39 Å². The van der Waals surface area contributed by atoms with Gasteiger partial charge in [0.05, 0.1) is 16.9 Å². The standard InChI is InChI=1S/C13H9FN2/c14-10-5-3-4-9-8-12(16-13(9)10)11-6-1-2-7-15-11/h1-8,16H. The second-order valence-electron chi connectivity index (χ2n) is 3.60. The lowest BCUT2D eigenvalue weighted by Gasteiger charge is -1.94. The third-order valence-electron chi connectivity index (χ3n) is 2.55. The number of rotatable bonds is 1. The molecule has 0 fully saturated rings. The molecule has 1 N–H and O–H groups in total. The molecule has 3 rings (SSSR count). The van der Waals surface area contributed by atoms with Gasteiger partial charge >= 0.3 is 0 Å². The summed E-state index contributed by atoms with van der Waals surface area (Å²) in [5.74, 6) is -0.236. The molecule has 3 heteroatoms. The van der Waals surface area contributed by atoms with E-state index in [0.29, 0.717) is 5.52 Å². The molecule has 0 spiro atoms. The Kier molecular flexibility index (Phi) is 1.96. The van der Waals surface area contributed by atoms with Crippen LogP contribution in [0.3, 0.4) is 0 Å². The predicted molar refractivity (Wildman–Crippen MR) is 61.5 cm³/mol. The second kappa shape index (κ2) is 3.45. The summed E-state index contributed by atoms with van der Waals surface area (Å²) in [5, 5.41) is 0.862. The van der Waals surface area contributed by atoms with Gasteiger partial charge in [-0.2, -0.15) is 0 Å². The summed E-state index contributed by atoms with van der Waals surface area (Å²) in [6.07, 6.45) is 1.72. The van der Waals surface area contributed by atoms with Crippen molar-refractivity contribution in [1.82, 2.24) is 9.97 Å². The summed E-state index contributed by atoms with van der Waals surface area (Å²) >= 11 is 0. The van der Waals surface area contributed by atoms with Crippen LogP contribution in [0, 0.1) is 5.82 Å². The summed E-state index contributed by atoms with van der Waals surface area (Å²) in [6, 6.07) is 12.6. The molecule has 78 valence electrons. The molecule has 2 nitrogen and oxygen atoms in total. The zero-order chi connectivity index (χ0) is 11.0. The van der Waals surface area contributed by atoms with E-state index in [1.54, 1.807) is 12.3 Å². The van der Waals surface area contributed by atoms with Crippen molar-refractivity contribution >= 4 is 10.9 Å². The minimum Gasteiger partial charge on any atom is -0.351 e. The Morgan fingerprint density at radius 2 is 2.00 bits per heavy atom. The maximum Gasteiger partial charge on any atom is 0.147 e. The van der Waals surface area contributed by atoms with Gasteiger partial charge in [0, 0.05) is 11.6 Å². The van der Waals surface area contributed by atoms with Crippen molar-refractivity contribution in [2.75, 3.05) is 0 Å². The molecule has 2 heterocycles. The number of pyridine rings is 1. The number of halogens is 1. The van der Waals surface area contributed by atoms with Gasteiger partial charge in [0.1, 0.15) is 5.82 Å². The highest BCUT2D eigenvalue weighted by Gasteiger charge is 2.06. The monoisotopic (exact) mass is 212 g/mol. The molecule has 0 radical (unpaired) electrons. The Labute approximate surface area is 91.8 Å². The van der Waals surface area contributed by atoms with E-state index >= 15 is 0 Å². The first-order valence-electron chi connectivity index (χ1n) is 5.03. The number of hydrogen-bond donors (Lipinski definition) is 1. The van der Waals surface area contributed by atoms with Crippen LogP contribution in [-0.2, 0) is 0 Å². The van der Waals surface area contributed by atoms with Crippen molar-refractivity contribution in [2.24, 2.45) is 0 Å². The average molecular weight is 212 g/mol. The lowest BCUT2D eigenvalue weighted by atomic mass is 10.2. The Hall–Kier alpha value is -2.16. The minimum atomic E-state index is -0.236. The normalized spacial score (nSPS) is 10.8. The van der Waals surface area contributed by atoms with Gasteiger partial charge in [0.25, 0.3) is 0 Å². The number of nitrogens with zero attached hydrogens (tertiary/aromatic N) is 1. The maximum absolute atomic E-state index is 13.5. The highest BCUT2D eigenvalue weighted by Crippen LogP contribution is 2.23. The number of nitrogens with one attached hydrogen (secondary N) is 1. The molecule has 0 aliphatic carbocycles. The van der Waals surface area contributed by atoms with Crippen molar-refractivity contribution in [2.45, 2.75) is 0 Å². The van der Waals surface area contributed by atoms with Gasteiger partial charge in [-0.3, -0.25) is 4.98 Å². The van der Waals surface area contributed by atoms with Crippen molar-refractivity contribution in [1.29, 1.82) is 0 Å². The van der Waals surface area contributed by atoms with E-state index in [0.717, 1.165) is 16.8 Å². The lowest BCUT2D eigenvalue weighted by molar-refractivity contribution is 0.637. The van der Waals surface area contributed by atoms with Crippen LogP contribution in [0.1, 0.15) is 0 Å². The zero-order valence-electron chi connectivity index (χ0n) is 8.44. The number of benzene rings is 1. The molecule has 0 aliphatic rings. The smallest absolute Gasteiger partial charge is 0.147 e. The lowest BCUT2D eigenvalue weighted by Crippen LogP contribution is -1.81. The molecule has 0 aliphatic heterocycles. The Balaban J connectivity index is 2.23. The zero-order valence-corrected chi connectivity index (χ0v) is 8.44. The fourth-order valence-corrected chi connectivity index (χ4v) is 1.78. The predicted octanol–water partition coefficient (Wildman–Crippen LogP) is 3.37. The van der Waals surface area contributed by atoms with E-state index in [4.69, 9.17) is 0 Å². The van der Waals surface area contributed by atoms with Gasteiger partial charge in [-0.1, -0.05) is 18.2 Å². The van der Waals surface area contributed by atoms with Crippen LogP contribution in [0.15, 0.2) is 48.7 Å². The molecule has 2 aromatic heterocycles. The molecule has 0 unspecified atom stereocenters. The van der Waals surface area contributed by atoms with Gasteiger partial charge < -0.3 is 4.98 Å². The fourth-order valence-electron chi connectivity index (χ4n) is 1.78. The van der Waals surface area contributed by atoms with Crippen LogP contribution >= 0.6 is 0 Å². The molecule has 0 saturated carbocycles. The van der Waals surface area contributed by atoms with Gasteiger partial charge in [-0.05, 0) is 24.3 Å². The number of H-pyrrole nitrogens is 1. The van der Waals surface area contributed by atoms with Crippen LogP contribution < -0.4 is 0 Å². The third kappa shape index (κ3) is 1.37. The van der Waals surface area contributed by atoms with Crippen LogP contribution in [0.5, 0.6) is 0 Å². The number of fused-ring (bicyclic) bond motifs is 1. The fraction of sp³-hybridized carbons (Fsp3) is 0. The van der Waals surface area contributed by atoms with Crippen LogP contribution in [0.2, 0.25) is 0 Å². The molecular formula is C13H9FN2. The van der Waals surface area contributed by atoms with Gasteiger partial charge in [0.2, 0.25) is 0 Å². The van der Waals surface area contributed by atoms with E-state index in [2.05, 4.69) is 9.97 Å². The molecule has 0 amide bonds. The van der Waals surface area contributed by atoms with Crippen molar-refractivity contribution in [3.63, 3.8) is 0 Å². The summed E-state index contributed by atoms with van der Waals surface area (Å²) in [6.45, 7) is 0. The summed E-state index contributed by atoms with van der Waals surface area (Å²) in [7, 11) is 0. The Morgan fingerprint density at radius 3 is 2.75 bits per heavy atom. The molecule has 1 aromatic carbocycles. The number of hydrogen-bond acceptors (Lipinski definition) is 1. The van der Waals surface area contributed by atoms with Crippen molar-refractivity contribution in [3.8, 4) is 11.4 Å². The van der Waals surface area contributed by atoms with Crippen LogP contribution in [0.4, 0.5) is 4.39 Å². The van der Waals surface area contributed by atoms with Crippen LogP contribution in [-0.4, -0.2) is 9.97 Å². The molecule has 0 atom stereocenters. The molecule has 3 aromatic rings. The van der Waals surface area contributed by atoms with Crippen LogP contribution in [0.25, 0.3) is 22.3 Å². The number of aromatic amines is 1. The SMILES string of the molecule is Fc1cccc2cc(-c3ccccn3)[nH]c12. The minimum absolute atomic E-state index is 0.236. The quantitative estimate of drug-likeness (QED) is 0.658. The Morgan fingerprint density at radius 1 is 1.06 bits per heavy atom.